The molecule has 3 heterocycles. The third kappa shape index (κ3) is 3.23. The lowest BCUT2D eigenvalue weighted by molar-refractivity contribution is 0.386. The Morgan fingerprint density at radius 3 is 2.18 bits per heavy atom. The molecule has 0 radical (unpaired) electrons. The maximum atomic E-state index is 11.5. The van der Waals surface area contributed by atoms with Crippen LogP contribution < -0.4 is 4.90 Å². The smallest absolute Gasteiger partial charge is 0.211 e. The number of aromatic nitrogens is 3. The third-order valence-electron chi connectivity index (χ3n) is 3.66. The van der Waals surface area contributed by atoms with E-state index in [1.807, 2.05) is 29.2 Å². The minimum atomic E-state index is -3.11. The van der Waals surface area contributed by atoms with E-state index < -0.39 is 10.0 Å². The normalized spacial score (nSPS) is 16.7. The highest BCUT2D eigenvalue weighted by Crippen LogP contribution is 2.19. The Bertz CT molecular complexity index is 726. The van der Waals surface area contributed by atoms with E-state index in [1.54, 1.807) is 12.4 Å². The number of piperazine rings is 1. The van der Waals surface area contributed by atoms with Crippen molar-refractivity contribution in [1.29, 1.82) is 0 Å². The predicted octanol–water partition coefficient (Wildman–Crippen LogP) is 0.620. The van der Waals surface area contributed by atoms with Crippen molar-refractivity contribution < 1.29 is 8.42 Å². The summed E-state index contributed by atoms with van der Waals surface area (Å²) in [4.78, 5) is 6.03. The summed E-state index contributed by atoms with van der Waals surface area (Å²) in [6.45, 7) is 2.20. The molecule has 0 atom stereocenters. The minimum Gasteiger partial charge on any atom is -0.352 e. The molecule has 2 aromatic rings. The van der Waals surface area contributed by atoms with E-state index >= 15 is 0 Å². The second-order valence-corrected chi connectivity index (χ2v) is 7.14. The molecule has 1 saturated heterocycles. The predicted molar refractivity (Wildman–Crippen MR) is 83.9 cm³/mol. The van der Waals surface area contributed by atoms with Crippen LogP contribution in [0.5, 0.6) is 0 Å². The molecule has 0 aromatic carbocycles. The number of anilines is 1. The molecule has 0 unspecified atom stereocenters. The van der Waals surface area contributed by atoms with E-state index in [9.17, 15) is 8.42 Å². The highest BCUT2D eigenvalue weighted by atomic mass is 32.2. The third-order valence-corrected chi connectivity index (χ3v) is 4.96. The van der Waals surface area contributed by atoms with Gasteiger partial charge in [0.05, 0.1) is 11.9 Å². The number of hydrogen-bond donors (Lipinski definition) is 0. The van der Waals surface area contributed by atoms with Crippen molar-refractivity contribution in [2.45, 2.75) is 0 Å². The largest absolute Gasteiger partial charge is 0.352 e. The fourth-order valence-electron chi connectivity index (χ4n) is 2.42. The van der Waals surface area contributed by atoms with E-state index in [2.05, 4.69) is 15.2 Å². The van der Waals surface area contributed by atoms with Gasteiger partial charge in [0.1, 0.15) is 0 Å². The highest BCUT2D eigenvalue weighted by Gasteiger charge is 2.24. The van der Waals surface area contributed by atoms with Crippen LogP contribution in [0.2, 0.25) is 0 Å². The number of sulfonamides is 1. The van der Waals surface area contributed by atoms with Crippen LogP contribution in [0.15, 0.2) is 36.7 Å². The molecule has 22 heavy (non-hydrogen) atoms. The van der Waals surface area contributed by atoms with Crippen LogP contribution in [0.25, 0.3) is 11.3 Å². The van der Waals surface area contributed by atoms with Crippen molar-refractivity contribution in [3.05, 3.63) is 36.7 Å². The summed E-state index contributed by atoms with van der Waals surface area (Å²) in [7, 11) is -3.11. The lowest BCUT2D eigenvalue weighted by atomic mass is 10.2. The maximum Gasteiger partial charge on any atom is 0.211 e. The topological polar surface area (TPSA) is 79.3 Å². The Kier molecular flexibility index (Phi) is 4.04. The van der Waals surface area contributed by atoms with Crippen LogP contribution in [0.1, 0.15) is 0 Å². The van der Waals surface area contributed by atoms with E-state index in [-0.39, 0.29) is 0 Å². The second-order valence-electron chi connectivity index (χ2n) is 5.16. The van der Waals surface area contributed by atoms with Gasteiger partial charge in [-0.05, 0) is 24.3 Å². The van der Waals surface area contributed by atoms with Crippen molar-refractivity contribution in [1.82, 2.24) is 19.5 Å². The second kappa shape index (κ2) is 5.98. The van der Waals surface area contributed by atoms with Crippen molar-refractivity contribution in [2.24, 2.45) is 0 Å². The van der Waals surface area contributed by atoms with Gasteiger partial charge in [-0.15, -0.1) is 10.2 Å². The van der Waals surface area contributed by atoms with Gasteiger partial charge in [0.15, 0.2) is 5.82 Å². The van der Waals surface area contributed by atoms with Crippen LogP contribution in [-0.4, -0.2) is 60.3 Å². The van der Waals surface area contributed by atoms with Gasteiger partial charge in [-0.2, -0.15) is 4.31 Å². The fourth-order valence-corrected chi connectivity index (χ4v) is 3.25. The number of rotatable bonds is 3. The average molecular weight is 319 g/mol. The SMILES string of the molecule is CS(=O)(=O)N1CCN(c2ccc(-c3ccncc3)nn2)CC1. The number of hydrogen-bond acceptors (Lipinski definition) is 6. The Morgan fingerprint density at radius 2 is 1.64 bits per heavy atom. The first-order valence-electron chi connectivity index (χ1n) is 6.98. The lowest BCUT2D eigenvalue weighted by Gasteiger charge is -2.33. The highest BCUT2D eigenvalue weighted by molar-refractivity contribution is 7.88. The molecule has 1 aliphatic heterocycles. The van der Waals surface area contributed by atoms with Gasteiger partial charge >= 0.3 is 0 Å². The molecule has 3 rings (SSSR count). The molecule has 8 heteroatoms. The van der Waals surface area contributed by atoms with E-state index in [4.69, 9.17) is 0 Å². The van der Waals surface area contributed by atoms with Crippen molar-refractivity contribution in [2.75, 3.05) is 37.3 Å². The van der Waals surface area contributed by atoms with Gasteiger partial charge in [0, 0.05) is 44.1 Å². The van der Waals surface area contributed by atoms with E-state index in [0.29, 0.717) is 26.2 Å². The van der Waals surface area contributed by atoms with Gasteiger partial charge < -0.3 is 4.90 Å². The fraction of sp³-hybridized carbons (Fsp3) is 0.357. The summed E-state index contributed by atoms with van der Waals surface area (Å²) in [6.07, 6.45) is 4.68. The summed E-state index contributed by atoms with van der Waals surface area (Å²) in [5.41, 5.74) is 1.76. The quantitative estimate of drug-likeness (QED) is 0.825. The molecule has 0 amide bonds. The Hall–Kier alpha value is -2.06. The minimum absolute atomic E-state index is 0.479. The maximum absolute atomic E-state index is 11.5. The first kappa shape index (κ1) is 14.9. The standard InChI is InChI=1S/C14H17N5O2S/c1-22(20,21)19-10-8-18(9-11-19)14-3-2-13(16-17-14)12-4-6-15-7-5-12/h2-7H,8-11H2,1H3. The van der Waals surface area contributed by atoms with Crippen LogP contribution in [-0.2, 0) is 10.0 Å². The van der Waals surface area contributed by atoms with Gasteiger partial charge in [0.2, 0.25) is 10.0 Å². The van der Waals surface area contributed by atoms with Crippen LogP contribution in [0.4, 0.5) is 5.82 Å². The molecule has 0 aliphatic carbocycles. The van der Waals surface area contributed by atoms with Gasteiger partial charge in [-0.25, -0.2) is 8.42 Å². The first-order valence-corrected chi connectivity index (χ1v) is 8.83. The molecule has 0 bridgehead atoms. The number of pyridine rings is 1. The molecule has 7 nitrogen and oxygen atoms in total. The summed E-state index contributed by atoms with van der Waals surface area (Å²) in [5.74, 6) is 0.769. The zero-order valence-corrected chi connectivity index (χ0v) is 13.1. The summed E-state index contributed by atoms with van der Waals surface area (Å²) in [6, 6.07) is 7.60. The molecule has 0 N–H and O–H groups in total. The summed E-state index contributed by atoms with van der Waals surface area (Å²) >= 11 is 0. The zero-order valence-electron chi connectivity index (χ0n) is 12.3. The first-order chi connectivity index (χ1) is 10.5. The Balaban J connectivity index is 1.70. The van der Waals surface area contributed by atoms with Crippen molar-refractivity contribution >= 4 is 15.8 Å². The van der Waals surface area contributed by atoms with Gasteiger partial charge in [0.25, 0.3) is 0 Å². The summed E-state index contributed by atoms with van der Waals surface area (Å²) in [5, 5.41) is 8.49. The molecule has 0 saturated carbocycles. The zero-order chi connectivity index (χ0) is 15.6. The monoisotopic (exact) mass is 319 g/mol. The molecule has 0 spiro atoms. The van der Waals surface area contributed by atoms with Gasteiger partial charge in [-0.3, -0.25) is 4.98 Å². The summed E-state index contributed by atoms with van der Waals surface area (Å²) < 4.78 is 24.5. The Morgan fingerprint density at radius 1 is 0.955 bits per heavy atom. The van der Waals surface area contributed by atoms with Crippen molar-refractivity contribution in [3.63, 3.8) is 0 Å². The average Bonchev–Trinajstić information content (AvgIpc) is 2.55. The van der Waals surface area contributed by atoms with Crippen LogP contribution in [0, 0.1) is 0 Å². The Labute approximate surface area is 129 Å². The molecular formula is C14H17N5O2S. The van der Waals surface area contributed by atoms with Crippen LogP contribution in [0.3, 0.4) is 0 Å². The van der Waals surface area contributed by atoms with E-state index in [1.165, 1.54) is 10.6 Å². The molecule has 1 aliphatic rings. The van der Waals surface area contributed by atoms with Gasteiger partial charge in [-0.1, -0.05) is 0 Å². The molecule has 2 aromatic heterocycles. The van der Waals surface area contributed by atoms with Crippen LogP contribution >= 0.6 is 0 Å². The lowest BCUT2D eigenvalue weighted by Crippen LogP contribution is -2.48. The molecule has 116 valence electrons. The number of nitrogens with zero attached hydrogens (tertiary/aromatic N) is 5. The van der Waals surface area contributed by atoms with E-state index in [0.717, 1.165) is 17.1 Å². The molecule has 1 fully saturated rings. The molecular weight excluding hydrogens is 302 g/mol. The van der Waals surface area contributed by atoms with Crippen molar-refractivity contribution in [3.8, 4) is 11.3 Å².